The zero-order valence-electron chi connectivity index (χ0n) is 7.26. The Kier molecular flexibility index (Phi) is 3.88. The highest BCUT2D eigenvalue weighted by Gasteiger charge is 2.06. The van der Waals surface area contributed by atoms with Crippen molar-refractivity contribution in [2.75, 3.05) is 5.33 Å². The van der Waals surface area contributed by atoms with E-state index in [1.807, 2.05) is 0 Å². The molecule has 1 aromatic rings. The first-order valence-electron chi connectivity index (χ1n) is 3.94. The molecule has 1 amide bonds. The van der Waals surface area contributed by atoms with Gasteiger partial charge in [0.15, 0.2) is 11.6 Å². The number of aromatic hydroxyl groups is 1. The maximum absolute atomic E-state index is 12.8. The van der Waals surface area contributed by atoms with Crippen LogP contribution in [-0.2, 0) is 11.3 Å². The summed E-state index contributed by atoms with van der Waals surface area (Å²) in [7, 11) is 0. The highest BCUT2D eigenvalue weighted by Crippen LogP contribution is 2.20. The fourth-order valence-electron chi connectivity index (χ4n) is 0.944. The van der Waals surface area contributed by atoms with E-state index in [0.717, 1.165) is 6.07 Å². The Labute approximate surface area is 89.1 Å². The zero-order chi connectivity index (χ0) is 10.6. The van der Waals surface area contributed by atoms with Crippen LogP contribution < -0.4 is 5.32 Å². The number of nitrogens with one attached hydrogen (secondary N) is 1. The Morgan fingerprint density at radius 1 is 1.57 bits per heavy atom. The van der Waals surface area contributed by atoms with Crippen molar-refractivity contribution in [3.63, 3.8) is 0 Å². The molecule has 5 heteroatoms. The van der Waals surface area contributed by atoms with Crippen molar-refractivity contribution < 1.29 is 14.3 Å². The topological polar surface area (TPSA) is 49.3 Å². The van der Waals surface area contributed by atoms with Crippen molar-refractivity contribution >= 4 is 21.8 Å². The van der Waals surface area contributed by atoms with Gasteiger partial charge in [-0.05, 0) is 6.07 Å². The molecule has 0 aliphatic rings. The van der Waals surface area contributed by atoms with Crippen LogP contribution in [0, 0.1) is 5.82 Å². The average Bonchev–Trinajstić information content (AvgIpc) is 2.20. The Morgan fingerprint density at radius 2 is 2.29 bits per heavy atom. The second-order valence-electron chi connectivity index (χ2n) is 2.66. The lowest BCUT2D eigenvalue weighted by atomic mass is 10.2. The van der Waals surface area contributed by atoms with E-state index in [1.54, 1.807) is 6.07 Å². The summed E-state index contributed by atoms with van der Waals surface area (Å²) >= 11 is 2.97. The summed E-state index contributed by atoms with van der Waals surface area (Å²) in [5, 5.41) is 11.9. The van der Waals surface area contributed by atoms with Crippen LogP contribution in [0.2, 0.25) is 0 Å². The minimum absolute atomic E-state index is 0.119. The fourth-order valence-corrected chi connectivity index (χ4v) is 1.14. The van der Waals surface area contributed by atoms with E-state index < -0.39 is 11.6 Å². The van der Waals surface area contributed by atoms with E-state index in [1.165, 1.54) is 6.07 Å². The van der Waals surface area contributed by atoms with Gasteiger partial charge in [0.05, 0.1) is 5.33 Å². The molecule has 0 saturated heterocycles. The first-order chi connectivity index (χ1) is 6.65. The van der Waals surface area contributed by atoms with Crippen LogP contribution in [0.3, 0.4) is 0 Å². The summed E-state index contributed by atoms with van der Waals surface area (Å²) in [5.41, 5.74) is 0.360. The number of hydrogen-bond donors (Lipinski definition) is 2. The Morgan fingerprint density at radius 3 is 2.93 bits per heavy atom. The third kappa shape index (κ3) is 2.70. The van der Waals surface area contributed by atoms with Crippen LogP contribution in [0.25, 0.3) is 0 Å². The van der Waals surface area contributed by atoms with Gasteiger partial charge in [-0.2, -0.15) is 0 Å². The molecule has 0 unspecified atom stereocenters. The van der Waals surface area contributed by atoms with Gasteiger partial charge in [-0.3, -0.25) is 4.79 Å². The molecule has 3 nitrogen and oxygen atoms in total. The van der Waals surface area contributed by atoms with E-state index in [0.29, 0.717) is 5.56 Å². The molecule has 1 rings (SSSR count). The molecule has 0 heterocycles. The Bertz CT molecular complexity index is 344. The molecule has 0 saturated carbocycles. The predicted molar refractivity (Wildman–Crippen MR) is 53.7 cm³/mol. The SMILES string of the molecule is O=C(CBr)NCc1cccc(F)c1O. The van der Waals surface area contributed by atoms with Crippen molar-refractivity contribution in [3.05, 3.63) is 29.6 Å². The van der Waals surface area contributed by atoms with Crippen LogP contribution in [0.1, 0.15) is 5.56 Å². The molecule has 1 aromatic carbocycles. The molecule has 14 heavy (non-hydrogen) atoms. The van der Waals surface area contributed by atoms with E-state index in [-0.39, 0.29) is 17.8 Å². The van der Waals surface area contributed by atoms with Crippen LogP contribution in [0.5, 0.6) is 5.75 Å². The van der Waals surface area contributed by atoms with Crippen LogP contribution in [0.15, 0.2) is 18.2 Å². The van der Waals surface area contributed by atoms with Crippen LogP contribution in [0.4, 0.5) is 4.39 Å². The number of amides is 1. The van der Waals surface area contributed by atoms with Crippen molar-refractivity contribution in [1.82, 2.24) is 5.32 Å². The number of phenolic OH excluding ortho intramolecular Hbond substituents is 1. The summed E-state index contributed by atoms with van der Waals surface area (Å²) in [5.74, 6) is -1.31. The maximum atomic E-state index is 12.8. The van der Waals surface area contributed by atoms with E-state index in [2.05, 4.69) is 21.2 Å². The quantitative estimate of drug-likeness (QED) is 0.812. The summed E-state index contributed by atoms with van der Waals surface area (Å²) in [6.45, 7) is 0.119. The summed E-state index contributed by atoms with van der Waals surface area (Å²) in [6.07, 6.45) is 0. The van der Waals surface area contributed by atoms with E-state index in [4.69, 9.17) is 0 Å². The zero-order valence-corrected chi connectivity index (χ0v) is 8.84. The van der Waals surface area contributed by atoms with Gasteiger partial charge >= 0.3 is 0 Å². The summed E-state index contributed by atoms with van der Waals surface area (Å²) < 4.78 is 12.8. The molecule has 2 N–H and O–H groups in total. The van der Waals surface area contributed by atoms with E-state index in [9.17, 15) is 14.3 Å². The molecule has 0 aliphatic carbocycles. The molecule has 0 aliphatic heterocycles. The van der Waals surface area contributed by atoms with Gasteiger partial charge in [-0.25, -0.2) is 4.39 Å². The van der Waals surface area contributed by atoms with Crippen molar-refractivity contribution in [2.45, 2.75) is 6.54 Å². The number of hydrogen-bond acceptors (Lipinski definition) is 2. The van der Waals surface area contributed by atoms with Gasteiger partial charge < -0.3 is 10.4 Å². The second-order valence-corrected chi connectivity index (χ2v) is 3.22. The van der Waals surface area contributed by atoms with Crippen molar-refractivity contribution in [3.8, 4) is 5.75 Å². The van der Waals surface area contributed by atoms with Crippen molar-refractivity contribution in [2.24, 2.45) is 0 Å². The minimum atomic E-state index is -0.685. The number of phenols is 1. The first-order valence-corrected chi connectivity index (χ1v) is 5.06. The minimum Gasteiger partial charge on any atom is -0.505 e. The van der Waals surface area contributed by atoms with Crippen molar-refractivity contribution in [1.29, 1.82) is 0 Å². The molecule has 76 valence electrons. The van der Waals surface area contributed by atoms with Gasteiger partial charge in [0.1, 0.15) is 0 Å². The number of alkyl halides is 1. The predicted octanol–water partition coefficient (Wildman–Crippen LogP) is 1.54. The standard InChI is InChI=1S/C9H9BrFNO2/c10-4-8(13)12-5-6-2-1-3-7(11)9(6)14/h1-3,14H,4-5H2,(H,12,13). The Hall–Kier alpha value is -1.10. The van der Waals surface area contributed by atoms with Crippen LogP contribution >= 0.6 is 15.9 Å². The van der Waals surface area contributed by atoms with Gasteiger partial charge in [0, 0.05) is 12.1 Å². The third-order valence-corrected chi connectivity index (χ3v) is 2.18. The Balaban J connectivity index is 2.68. The first kappa shape index (κ1) is 11.0. The van der Waals surface area contributed by atoms with Gasteiger partial charge in [-0.15, -0.1) is 0 Å². The molecule has 0 bridgehead atoms. The molecular formula is C9H9BrFNO2. The normalized spacial score (nSPS) is 9.86. The number of rotatable bonds is 3. The highest BCUT2D eigenvalue weighted by atomic mass is 79.9. The monoisotopic (exact) mass is 261 g/mol. The largest absolute Gasteiger partial charge is 0.505 e. The lowest BCUT2D eigenvalue weighted by Gasteiger charge is -2.05. The second kappa shape index (κ2) is 4.95. The van der Waals surface area contributed by atoms with E-state index >= 15 is 0 Å². The summed E-state index contributed by atoms with van der Waals surface area (Å²) in [6, 6.07) is 4.18. The summed E-state index contributed by atoms with van der Waals surface area (Å²) in [4.78, 5) is 10.8. The molecule has 0 fully saturated rings. The van der Waals surface area contributed by atoms with Gasteiger partial charge in [0.2, 0.25) is 5.91 Å². The lowest BCUT2D eigenvalue weighted by Crippen LogP contribution is -2.23. The average molecular weight is 262 g/mol. The molecule has 0 radical (unpaired) electrons. The highest BCUT2D eigenvalue weighted by molar-refractivity contribution is 9.09. The molecule has 0 aromatic heterocycles. The number of para-hydroxylation sites is 1. The number of benzene rings is 1. The lowest BCUT2D eigenvalue weighted by molar-refractivity contribution is -0.118. The van der Waals surface area contributed by atoms with Crippen LogP contribution in [-0.4, -0.2) is 16.3 Å². The number of carbonyl (C=O) groups is 1. The smallest absolute Gasteiger partial charge is 0.230 e. The number of halogens is 2. The molecule has 0 atom stereocenters. The molecule has 0 spiro atoms. The van der Waals surface area contributed by atoms with Gasteiger partial charge in [-0.1, -0.05) is 28.1 Å². The maximum Gasteiger partial charge on any atom is 0.230 e. The third-order valence-electron chi connectivity index (χ3n) is 1.67. The van der Waals surface area contributed by atoms with Gasteiger partial charge in [0.25, 0.3) is 0 Å². The fraction of sp³-hybridized carbons (Fsp3) is 0.222. The number of carbonyl (C=O) groups excluding carboxylic acids is 1. The molecular weight excluding hydrogens is 253 g/mol.